The molecule has 6 heteroatoms. The summed E-state index contributed by atoms with van der Waals surface area (Å²) in [5, 5.41) is 2.89. The molecule has 0 saturated carbocycles. The molecule has 0 aliphatic carbocycles. The number of anilines is 2. The summed E-state index contributed by atoms with van der Waals surface area (Å²) < 4.78 is 0. The number of hydrogen-bond acceptors (Lipinski definition) is 3. The summed E-state index contributed by atoms with van der Waals surface area (Å²) in [5.74, 6) is 0.0183. The van der Waals surface area contributed by atoms with E-state index in [0.29, 0.717) is 19.0 Å². The fourth-order valence-corrected chi connectivity index (χ4v) is 1.59. The molecule has 0 saturated heterocycles. The van der Waals surface area contributed by atoms with Gasteiger partial charge in [0.25, 0.3) is 0 Å². The van der Waals surface area contributed by atoms with E-state index in [0.717, 1.165) is 17.8 Å². The Morgan fingerprint density at radius 2 is 2.00 bits per heavy atom. The van der Waals surface area contributed by atoms with Gasteiger partial charge in [-0.3, -0.25) is 4.79 Å². The van der Waals surface area contributed by atoms with E-state index in [2.05, 4.69) is 24.1 Å². The van der Waals surface area contributed by atoms with Gasteiger partial charge in [-0.05, 0) is 45.0 Å². The molecule has 1 amide bonds. The van der Waals surface area contributed by atoms with Crippen molar-refractivity contribution in [3.05, 3.63) is 24.3 Å². The van der Waals surface area contributed by atoms with E-state index in [1.54, 1.807) is 0 Å². The second-order valence-corrected chi connectivity index (χ2v) is 4.70. The van der Waals surface area contributed by atoms with Crippen LogP contribution in [0.5, 0.6) is 0 Å². The standard InChI is InChI=1S/C14H23N3O.2ClH/c1-11(2)17(3)13-7-4-6-12(10-13)16-14(18)8-5-9-15;;/h4,6-7,10-11H,5,8-9,15H2,1-3H3,(H,16,18);2*1H. The third-order valence-corrected chi connectivity index (χ3v) is 2.92. The number of nitrogens with one attached hydrogen (secondary N) is 1. The monoisotopic (exact) mass is 321 g/mol. The molecule has 4 nitrogen and oxygen atoms in total. The van der Waals surface area contributed by atoms with Crippen LogP contribution in [0.15, 0.2) is 24.3 Å². The molecule has 1 aromatic carbocycles. The Bertz CT molecular complexity index is 400. The number of hydrogen-bond donors (Lipinski definition) is 2. The lowest BCUT2D eigenvalue weighted by atomic mass is 10.2. The molecule has 1 rings (SSSR count). The Labute approximate surface area is 133 Å². The van der Waals surface area contributed by atoms with Gasteiger partial charge in [0.2, 0.25) is 5.91 Å². The maximum Gasteiger partial charge on any atom is 0.224 e. The van der Waals surface area contributed by atoms with Crippen LogP contribution >= 0.6 is 24.8 Å². The first-order valence-corrected chi connectivity index (χ1v) is 6.37. The molecule has 0 fully saturated rings. The van der Waals surface area contributed by atoms with Gasteiger partial charge in [0, 0.05) is 30.9 Å². The molecule has 20 heavy (non-hydrogen) atoms. The molecule has 0 atom stereocenters. The van der Waals surface area contributed by atoms with E-state index in [9.17, 15) is 4.79 Å². The number of nitrogens with zero attached hydrogens (tertiary/aromatic N) is 1. The Morgan fingerprint density at radius 1 is 1.35 bits per heavy atom. The van der Waals surface area contributed by atoms with Gasteiger partial charge in [0.05, 0.1) is 0 Å². The summed E-state index contributed by atoms with van der Waals surface area (Å²) in [5.41, 5.74) is 7.31. The minimum atomic E-state index is 0. The minimum Gasteiger partial charge on any atom is -0.372 e. The largest absolute Gasteiger partial charge is 0.372 e. The maximum absolute atomic E-state index is 11.6. The summed E-state index contributed by atoms with van der Waals surface area (Å²) >= 11 is 0. The van der Waals surface area contributed by atoms with Crippen molar-refractivity contribution in [2.75, 3.05) is 23.8 Å². The zero-order valence-corrected chi connectivity index (χ0v) is 13.9. The lowest BCUT2D eigenvalue weighted by Crippen LogP contribution is -2.25. The van der Waals surface area contributed by atoms with Crippen molar-refractivity contribution in [1.29, 1.82) is 0 Å². The van der Waals surface area contributed by atoms with Gasteiger partial charge in [0.15, 0.2) is 0 Å². The smallest absolute Gasteiger partial charge is 0.224 e. The highest BCUT2D eigenvalue weighted by molar-refractivity contribution is 5.91. The van der Waals surface area contributed by atoms with Crippen LogP contribution < -0.4 is 16.0 Å². The number of carbonyl (C=O) groups is 1. The van der Waals surface area contributed by atoms with E-state index in [4.69, 9.17) is 5.73 Å². The van der Waals surface area contributed by atoms with Crippen LogP contribution in [0, 0.1) is 0 Å². The normalized spacial score (nSPS) is 9.45. The van der Waals surface area contributed by atoms with Crippen molar-refractivity contribution in [2.24, 2.45) is 5.73 Å². The van der Waals surface area contributed by atoms with Crippen LogP contribution in [0.1, 0.15) is 26.7 Å². The van der Waals surface area contributed by atoms with Gasteiger partial charge in [-0.2, -0.15) is 0 Å². The third-order valence-electron chi connectivity index (χ3n) is 2.92. The molecule has 0 radical (unpaired) electrons. The number of rotatable bonds is 6. The van der Waals surface area contributed by atoms with Gasteiger partial charge in [-0.15, -0.1) is 24.8 Å². The Kier molecular flexibility index (Phi) is 11.5. The van der Waals surface area contributed by atoms with E-state index < -0.39 is 0 Å². The minimum absolute atomic E-state index is 0. The summed E-state index contributed by atoms with van der Waals surface area (Å²) in [7, 11) is 2.04. The number of benzene rings is 1. The average molecular weight is 322 g/mol. The fraction of sp³-hybridized carbons (Fsp3) is 0.500. The molecule has 0 bridgehead atoms. The summed E-state index contributed by atoms with van der Waals surface area (Å²) in [6.45, 7) is 4.81. The van der Waals surface area contributed by atoms with Crippen molar-refractivity contribution in [3.63, 3.8) is 0 Å². The topological polar surface area (TPSA) is 58.4 Å². The number of carbonyl (C=O) groups excluding carboxylic acids is 1. The van der Waals surface area contributed by atoms with E-state index in [1.807, 2.05) is 31.3 Å². The average Bonchev–Trinajstić information content (AvgIpc) is 2.35. The highest BCUT2D eigenvalue weighted by atomic mass is 35.5. The van der Waals surface area contributed by atoms with Crippen molar-refractivity contribution >= 4 is 42.1 Å². The Hall–Kier alpha value is -0.970. The van der Waals surface area contributed by atoms with Gasteiger partial charge in [-0.25, -0.2) is 0 Å². The molecule has 0 unspecified atom stereocenters. The van der Waals surface area contributed by atoms with Crippen LogP contribution in [-0.4, -0.2) is 25.5 Å². The molecule has 0 heterocycles. The van der Waals surface area contributed by atoms with E-state index >= 15 is 0 Å². The fourth-order valence-electron chi connectivity index (χ4n) is 1.59. The highest BCUT2D eigenvalue weighted by Crippen LogP contribution is 2.20. The van der Waals surface area contributed by atoms with Crippen LogP contribution in [0.25, 0.3) is 0 Å². The maximum atomic E-state index is 11.6. The number of amides is 1. The first kappa shape index (κ1) is 21.3. The van der Waals surface area contributed by atoms with Gasteiger partial charge < -0.3 is 16.0 Å². The van der Waals surface area contributed by atoms with Crippen LogP contribution in [-0.2, 0) is 4.79 Å². The van der Waals surface area contributed by atoms with Crippen LogP contribution in [0.2, 0.25) is 0 Å². The molecule has 1 aromatic rings. The third kappa shape index (κ3) is 6.98. The Morgan fingerprint density at radius 3 is 2.55 bits per heavy atom. The number of nitrogens with two attached hydrogens (primary N) is 1. The van der Waals surface area contributed by atoms with E-state index in [1.165, 1.54) is 0 Å². The van der Waals surface area contributed by atoms with Crippen molar-refractivity contribution in [1.82, 2.24) is 0 Å². The molecule has 0 spiro atoms. The number of halogens is 2. The molecule has 3 N–H and O–H groups in total. The molecule has 0 aromatic heterocycles. The second-order valence-electron chi connectivity index (χ2n) is 4.70. The van der Waals surface area contributed by atoms with Gasteiger partial charge in [-0.1, -0.05) is 6.07 Å². The van der Waals surface area contributed by atoms with Gasteiger partial charge in [0.1, 0.15) is 0 Å². The molecule has 0 aliphatic heterocycles. The molecular weight excluding hydrogens is 297 g/mol. The summed E-state index contributed by atoms with van der Waals surface area (Å²) in [6, 6.07) is 8.30. The lowest BCUT2D eigenvalue weighted by molar-refractivity contribution is -0.116. The van der Waals surface area contributed by atoms with Crippen LogP contribution in [0.3, 0.4) is 0 Å². The lowest BCUT2D eigenvalue weighted by Gasteiger charge is -2.24. The predicted octanol–water partition coefficient (Wildman–Crippen LogP) is 3.05. The van der Waals surface area contributed by atoms with Crippen molar-refractivity contribution in [3.8, 4) is 0 Å². The van der Waals surface area contributed by atoms with Crippen molar-refractivity contribution < 1.29 is 4.79 Å². The van der Waals surface area contributed by atoms with Crippen LogP contribution in [0.4, 0.5) is 11.4 Å². The van der Waals surface area contributed by atoms with E-state index in [-0.39, 0.29) is 30.7 Å². The highest BCUT2D eigenvalue weighted by Gasteiger charge is 2.06. The zero-order valence-electron chi connectivity index (χ0n) is 12.3. The first-order chi connectivity index (χ1) is 8.54. The van der Waals surface area contributed by atoms with Crippen molar-refractivity contribution in [2.45, 2.75) is 32.7 Å². The zero-order chi connectivity index (χ0) is 13.5. The molecular formula is C14H25Cl2N3O. The predicted molar refractivity (Wildman–Crippen MR) is 91.4 cm³/mol. The summed E-state index contributed by atoms with van der Waals surface area (Å²) in [4.78, 5) is 13.8. The molecule has 0 aliphatic rings. The summed E-state index contributed by atoms with van der Waals surface area (Å²) in [6.07, 6.45) is 1.19. The molecule has 116 valence electrons. The quantitative estimate of drug-likeness (QED) is 0.846. The SMILES string of the molecule is CC(C)N(C)c1cccc(NC(=O)CCCN)c1.Cl.Cl. The second kappa shape index (κ2) is 10.8. The van der Waals surface area contributed by atoms with Gasteiger partial charge >= 0.3 is 0 Å². The first-order valence-electron chi connectivity index (χ1n) is 6.37. The Balaban J connectivity index is 0.